The zero-order chi connectivity index (χ0) is 15.7. The lowest BCUT2D eigenvalue weighted by Gasteiger charge is -2.27. The Balaban J connectivity index is 2.78. The van der Waals surface area contributed by atoms with Crippen LogP contribution in [0.1, 0.15) is 53.3 Å². The highest BCUT2D eigenvalue weighted by Crippen LogP contribution is 2.13. The van der Waals surface area contributed by atoms with E-state index in [9.17, 15) is 0 Å². The second-order valence-electron chi connectivity index (χ2n) is 5.90. The van der Waals surface area contributed by atoms with E-state index in [-0.39, 0.29) is 6.10 Å². The first kappa shape index (κ1) is 18.1. The molecule has 0 aliphatic carbocycles. The van der Waals surface area contributed by atoms with Gasteiger partial charge in [-0.1, -0.05) is 34.1 Å². The third kappa shape index (κ3) is 6.14. The molecule has 0 amide bonds. The minimum atomic E-state index is 0.240. The highest BCUT2D eigenvalue weighted by Gasteiger charge is 2.23. The molecule has 0 spiro atoms. The van der Waals surface area contributed by atoms with Crippen LogP contribution in [0.3, 0.4) is 0 Å². The molecule has 0 aliphatic heterocycles. The van der Waals surface area contributed by atoms with Crippen LogP contribution in [-0.2, 0) is 17.7 Å². The van der Waals surface area contributed by atoms with Crippen molar-refractivity contribution in [2.24, 2.45) is 5.92 Å². The van der Waals surface area contributed by atoms with Gasteiger partial charge in [-0.2, -0.15) is 5.10 Å². The zero-order valence-electron chi connectivity index (χ0n) is 14.3. The molecule has 0 bridgehead atoms. The first-order valence-electron chi connectivity index (χ1n) is 8.33. The summed E-state index contributed by atoms with van der Waals surface area (Å²) in [7, 11) is 0. The van der Waals surface area contributed by atoms with Gasteiger partial charge in [0.25, 0.3) is 0 Å². The summed E-state index contributed by atoms with van der Waals surface area (Å²) in [6, 6.07) is 0.296. The Morgan fingerprint density at radius 2 is 2.05 bits per heavy atom. The molecule has 1 aromatic rings. The quantitative estimate of drug-likeness (QED) is 0.682. The van der Waals surface area contributed by atoms with Crippen LogP contribution in [0.25, 0.3) is 0 Å². The topological polar surface area (TPSA) is 52.0 Å². The zero-order valence-corrected chi connectivity index (χ0v) is 14.3. The Labute approximate surface area is 129 Å². The van der Waals surface area contributed by atoms with Crippen LogP contribution in [0.4, 0.5) is 0 Å². The van der Waals surface area contributed by atoms with Crippen molar-refractivity contribution in [3.63, 3.8) is 0 Å². The van der Waals surface area contributed by atoms with Crippen molar-refractivity contribution >= 4 is 0 Å². The first-order valence-corrected chi connectivity index (χ1v) is 8.33. The van der Waals surface area contributed by atoms with E-state index in [1.165, 1.54) is 0 Å². The maximum atomic E-state index is 5.95. The van der Waals surface area contributed by atoms with Gasteiger partial charge in [-0.25, -0.2) is 9.67 Å². The average Bonchev–Trinajstić information content (AvgIpc) is 2.84. The summed E-state index contributed by atoms with van der Waals surface area (Å²) in [5.74, 6) is 1.62. The third-order valence-electron chi connectivity index (χ3n) is 3.51. The summed E-state index contributed by atoms with van der Waals surface area (Å²) in [6.07, 6.45) is 4.97. The fraction of sp³-hybridized carbons (Fsp3) is 0.875. The van der Waals surface area contributed by atoms with Crippen LogP contribution in [0.15, 0.2) is 6.33 Å². The molecule has 0 saturated carbocycles. The predicted octanol–water partition coefficient (Wildman–Crippen LogP) is 2.66. The fourth-order valence-electron chi connectivity index (χ4n) is 2.64. The summed E-state index contributed by atoms with van der Waals surface area (Å²) in [5.41, 5.74) is 0. The van der Waals surface area contributed by atoms with Crippen molar-refractivity contribution < 1.29 is 4.74 Å². The summed E-state index contributed by atoms with van der Waals surface area (Å²) in [4.78, 5) is 4.45. The van der Waals surface area contributed by atoms with E-state index in [2.05, 4.69) is 50.0 Å². The molecule has 21 heavy (non-hydrogen) atoms. The first-order chi connectivity index (χ1) is 10.1. The fourth-order valence-corrected chi connectivity index (χ4v) is 2.64. The van der Waals surface area contributed by atoms with E-state index < -0.39 is 0 Å². The van der Waals surface area contributed by atoms with Gasteiger partial charge in [-0.05, 0) is 25.8 Å². The molecule has 1 N–H and O–H groups in total. The van der Waals surface area contributed by atoms with Gasteiger partial charge in [-0.3, -0.25) is 0 Å². The van der Waals surface area contributed by atoms with Gasteiger partial charge in [0.1, 0.15) is 12.2 Å². The lowest BCUT2D eigenvalue weighted by molar-refractivity contribution is 0.0278. The Morgan fingerprint density at radius 1 is 1.29 bits per heavy atom. The lowest BCUT2D eigenvalue weighted by Crippen LogP contribution is -2.43. The Morgan fingerprint density at radius 3 is 2.62 bits per heavy atom. The second kappa shape index (κ2) is 9.90. The summed E-state index contributed by atoms with van der Waals surface area (Å²) in [5, 5.41) is 7.92. The number of hydrogen-bond acceptors (Lipinski definition) is 4. The molecule has 0 aromatic carbocycles. The molecule has 5 nitrogen and oxygen atoms in total. The summed E-state index contributed by atoms with van der Waals surface area (Å²) < 4.78 is 7.98. The molecule has 0 saturated heterocycles. The molecule has 0 fully saturated rings. The van der Waals surface area contributed by atoms with Crippen molar-refractivity contribution in [2.75, 3.05) is 13.2 Å². The number of ether oxygens (including phenoxy) is 1. The maximum Gasteiger partial charge on any atom is 0.138 e. The van der Waals surface area contributed by atoms with Gasteiger partial charge < -0.3 is 10.1 Å². The molecule has 1 rings (SSSR count). The van der Waals surface area contributed by atoms with Gasteiger partial charge >= 0.3 is 0 Å². The van der Waals surface area contributed by atoms with Crippen LogP contribution in [-0.4, -0.2) is 40.1 Å². The van der Waals surface area contributed by atoms with Crippen molar-refractivity contribution in [1.29, 1.82) is 0 Å². The molecule has 2 atom stereocenters. The second-order valence-corrected chi connectivity index (χ2v) is 5.90. The van der Waals surface area contributed by atoms with E-state index in [4.69, 9.17) is 4.74 Å². The minimum absolute atomic E-state index is 0.240. The van der Waals surface area contributed by atoms with E-state index in [1.807, 2.05) is 4.68 Å². The Hall–Kier alpha value is -0.940. The van der Waals surface area contributed by atoms with Crippen LogP contribution in [0, 0.1) is 5.92 Å². The molecule has 5 heteroatoms. The largest absolute Gasteiger partial charge is 0.377 e. The molecule has 2 unspecified atom stereocenters. The van der Waals surface area contributed by atoms with Crippen LogP contribution in [0.2, 0.25) is 0 Å². The number of rotatable bonds is 11. The summed E-state index contributed by atoms with van der Waals surface area (Å²) >= 11 is 0. The number of likely N-dealkylation sites (N-methyl/N-ethyl adjacent to an activating group) is 1. The van der Waals surface area contributed by atoms with E-state index >= 15 is 0 Å². The van der Waals surface area contributed by atoms with Gasteiger partial charge in [-0.15, -0.1) is 0 Å². The standard InChI is InChI=1S/C16H32N4O/c1-6-9-15(21-8-3)14(17-7-2)10-16-18-12-19-20(16)11-13(4)5/h12-15,17H,6-11H2,1-5H3. The van der Waals surface area contributed by atoms with Crippen LogP contribution >= 0.6 is 0 Å². The third-order valence-corrected chi connectivity index (χ3v) is 3.51. The molecule has 122 valence electrons. The van der Waals surface area contributed by atoms with E-state index in [0.29, 0.717) is 12.0 Å². The molecule has 0 aliphatic rings. The van der Waals surface area contributed by atoms with E-state index in [0.717, 1.165) is 44.8 Å². The Kier molecular flexibility index (Phi) is 8.54. The Bertz CT molecular complexity index is 372. The molecule has 1 heterocycles. The van der Waals surface area contributed by atoms with Crippen LogP contribution in [0.5, 0.6) is 0 Å². The molecule has 0 radical (unpaired) electrons. The van der Waals surface area contributed by atoms with Gasteiger partial charge in [0.15, 0.2) is 0 Å². The van der Waals surface area contributed by atoms with Crippen molar-refractivity contribution in [2.45, 2.75) is 72.6 Å². The predicted molar refractivity (Wildman–Crippen MR) is 86.4 cm³/mol. The van der Waals surface area contributed by atoms with Crippen molar-refractivity contribution in [1.82, 2.24) is 20.1 Å². The van der Waals surface area contributed by atoms with Crippen molar-refractivity contribution in [3.8, 4) is 0 Å². The summed E-state index contributed by atoms with van der Waals surface area (Å²) in [6.45, 7) is 13.4. The van der Waals surface area contributed by atoms with Crippen LogP contribution < -0.4 is 5.32 Å². The number of hydrogen-bond donors (Lipinski definition) is 1. The molecule has 1 aromatic heterocycles. The molecular formula is C16H32N4O. The average molecular weight is 296 g/mol. The SMILES string of the molecule is CCCC(OCC)C(Cc1ncnn1CC(C)C)NCC. The minimum Gasteiger partial charge on any atom is -0.377 e. The monoisotopic (exact) mass is 296 g/mol. The van der Waals surface area contributed by atoms with Crippen molar-refractivity contribution in [3.05, 3.63) is 12.2 Å². The highest BCUT2D eigenvalue weighted by atomic mass is 16.5. The lowest BCUT2D eigenvalue weighted by atomic mass is 10.0. The van der Waals surface area contributed by atoms with Gasteiger partial charge in [0.2, 0.25) is 0 Å². The molecular weight excluding hydrogens is 264 g/mol. The highest BCUT2D eigenvalue weighted by molar-refractivity contribution is 4.93. The number of nitrogens with zero attached hydrogens (tertiary/aromatic N) is 3. The van der Waals surface area contributed by atoms with Gasteiger partial charge in [0, 0.05) is 25.6 Å². The number of nitrogens with one attached hydrogen (secondary N) is 1. The van der Waals surface area contributed by atoms with Gasteiger partial charge in [0.05, 0.1) is 6.10 Å². The smallest absolute Gasteiger partial charge is 0.138 e. The maximum absolute atomic E-state index is 5.95. The van der Waals surface area contributed by atoms with E-state index in [1.54, 1.807) is 6.33 Å². The number of aromatic nitrogens is 3. The normalized spacial score (nSPS) is 14.6.